The molecule has 6 nitrogen and oxygen atoms in total. The van der Waals surface area contributed by atoms with Gasteiger partial charge in [-0.25, -0.2) is 4.98 Å². The Labute approximate surface area is 155 Å². The maximum Gasteiger partial charge on any atom is 0.241 e. The molecule has 0 spiro atoms. The van der Waals surface area contributed by atoms with E-state index in [1.807, 2.05) is 29.8 Å². The van der Waals surface area contributed by atoms with Gasteiger partial charge in [0.05, 0.1) is 17.7 Å². The summed E-state index contributed by atoms with van der Waals surface area (Å²) in [6, 6.07) is 7.45. The van der Waals surface area contributed by atoms with Gasteiger partial charge >= 0.3 is 0 Å². The third-order valence-electron chi connectivity index (χ3n) is 4.26. The van der Waals surface area contributed by atoms with Crippen molar-refractivity contribution in [3.63, 3.8) is 0 Å². The molecular formula is C17H18ClN5OS. The predicted molar refractivity (Wildman–Crippen MR) is 97.4 cm³/mol. The Kier molecular flexibility index (Phi) is 5.07. The minimum absolute atomic E-state index is 0.605. The number of nitrogens with zero attached hydrogens (tertiary/aromatic N) is 5. The van der Waals surface area contributed by atoms with Gasteiger partial charge in [0.2, 0.25) is 11.7 Å². The molecule has 0 aliphatic carbocycles. The number of benzene rings is 1. The summed E-state index contributed by atoms with van der Waals surface area (Å²) in [4.78, 5) is 13.6. The van der Waals surface area contributed by atoms with E-state index in [1.165, 1.54) is 0 Å². The molecule has 0 amide bonds. The molecule has 1 aromatic carbocycles. The number of hydrogen-bond donors (Lipinski definition) is 0. The molecule has 8 heteroatoms. The summed E-state index contributed by atoms with van der Waals surface area (Å²) in [5.41, 5.74) is 3.95. The third kappa shape index (κ3) is 4.24. The zero-order valence-electron chi connectivity index (χ0n) is 13.6. The molecule has 1 saturated heterocycles. The number of rotatable bonds is 5. The van der Waals surface area contributed by atoms with E-state index < -0.39 is 0 Å². The second-order valence-electron chi connectivity index (χ2n) is 6.05. The minimum Gasteiger partial charge on any atom is -0.338 e. The lowest BCUT2D eigenvalue weighted by molar-refractivity contribution is 0.111. The second kappa shape index (κ2) is 7.61. The Morgan fingerprint density at radius 1 is 1.04 bits per heavy atom. The molecule has 25 heavy (non-hydrogen) atoms. The van der Waals surface area contributed by atoms with E-state index in [0.29, 0.717) is 23.3 Å². The van der Waals surface area contributed by atoms with Gasteiger partial charge in [-0.3, -0.25) is 9.80 Å². The first-order valence-corrected chi connectivity index (χ1v) is 9.49. The van der Waals surface area contributed by atoms with Crippen LogP contribution >= 0.6 is 22.9 Å². The molecule has 2 aromatic heterocycles. The summed E-state index contributed by atoms with van der Waals surface area (Å²) in [6.07, 6.45) is 0. The number of piperazine rings is 1. The summed E-state index contributed by atoms with van der Waals surface area (Å²) in [6.45, 7) is 5.64. The first-order chi connectivity index (χ1) is 12.3. The van der Waals surface area contributed by atoms with Crippen molar-refractivity contribution in [2.75, 3.05) is 26.2 Å². The van der Waals surface area contributed by atoms with Crippen molar-refractivity contribution in [3.8, 4) is 11.4 Å². The Morgan fingerprint density at radius 3 is 2.44 bits per heavy atom. The van der Waals surface area contributed by atoms with Crippen LogP contribution in [0, 0.1) is 0 Å². The van der Waals surface area contributed by atoms with Crippen LogP contribution in [0.25, 0.3) is 11.4 Å². The van der Waals surface area contributed by atoms with Gasteiger partial charge in [0.15, 0.2) is 0 Å². The largest absolute Gasteiger partial charge is 0.338 e. The van der Waals surface area contributed by atoms with Crippen LogP contribution in [0.3, 0.4) is 0 Å². The van der Waals surface area contributed by atoms with E-state index in [0.717, 1.165) is 44.0 Å². The van der Waals surface area contributed by atoms with E-state index in [-0.39, 0.29) is 0 Å². The molecule has 0 radical (unpaired) electrons. The summed E-state index contributed by atoms with van der Waals surface area (Å²) in [7, 11) is 0. The van der Waals surface area contributed by atoms with Crippen LogP contribution in [-0.4, -0.2) is 51.1 Å². The van der Waals surface area contributed by atoms with Crippen LogP contribution in [0.5, 0.6) is 0 Å². The molecule has 130 valence electrons. The Balaban J connectivity index is 1.31. The molecule has 0 N–H and O–H groups in total. The smallest absolute Gasteiger partial charge is 0.241 e. The molecule has 0 unspecified atom stereocenters. The van der Waals surface area contributed by atoms with Gasteiger partial charge in [0.25, 0.3) is 0 Å². The van der Waals surface area contributed by atoms with Crippen LogP contribution < -0.4 is 0 Å². The first-order valence-electron chi connectivity index (χ1n) is 8.16. The molecule has 0 saturated carbocycles. The topological polar surface area (TPSA) is 58.3 Å². The monoisotopic (exact) mass is 375 g/mol. The molecule has 0 atom stereocenters. The Bertz CT molecular complexity index is 797. The Morgan fingerprint density at radius 2 is 1.76 bits per heavy atom. The van der Waals surface area contributed by atoms with Gasteiger partial charge in [-0.1, -0.05) is 16.8 Å². The van der Waals surface area contributed by atoms with Crippen molar-refractivity contribution >= 4 is 22.9 Å². The minimum atomic E-state index is 0.605. The molecule has 3 aromatic rings. The van der Waals surface area contributed by atoms with E-state index in [9.17, 15) is 0 Å². The number of aromatic nitrogens is 3. The number of hydrogen-bond acceptors (Lipinski definition) is 7. The van der Waals surface area contributed by atoms with E-state index in [4.69, 9.17) is 16.1 Å². The summed E-state index contributed by atoms with van der Waals surface area (Å²) in [5, 5.41) is 6.88. The van der Waals surface area contributed by atoms with Gasteiger partial charge in [-0.05, 0) is 24.3 Å². The summed E-state index contributed by atoms with van der Waals surface area (Å²) in [5.74, 6) is 1.26. The maximum absolute atomic E-state index is 5.91. The molecule has 3 heterocycles. The van der Waals surface area contributed by atoms with Crippen LogP contribution in [0.15, 0.2) is 39.7 Å². The van der Waals surface area contributed by atoms with Crippen molar-refractivity contribution < 1.29 is 4.52 Å². The summed E-state index contributed by atoms with van der Waals surface area (Å²) < 4.78 is 5.41. The van der Waals surface area contributed by atoms with Gasteiger partial charge in [-0.15, -0.1) is 11.3 Å². The van der Waals surface area contributed by atoms with Crippen molar-refractivity contribution in [1.82, 2.24) is 24.9 Å². The lowest BCUT2D eigenvalue weighted by atomic mass is 10.2. The lowest BCUT2D eigenvalue weighted by Gasteiger charge is -2.33. The third-order valence-corrected chi connectivity index (χ3v) is 5.15. The van der Waals surface area contributed by atoms with Gasteiger partial charge < -0.3 is 4.52 Å². The SMILES string of the molecule is Clc1ccc(-c2noc(CN3CCN(Cc4cscn4)CC3)n2)cc1. The van der Waals surface area contributed by atoms with Gasteiger partial charge in [-0.2, -0.15) is 4.98 Å². The highest BCUT2D eigenvalue weighted by atomic mass is 35.5. The molecule has 1 fully saturated rings. The maximum atomic E-state index is 5.91. The van der Waals surface area contributed by atoms with Crippen LogP contribution in [-0.2, 0) is 13.1 Å². The number of thiazole rings is 1. The van der Waals surface area contributed by atoms with E-state index in [2.05, 4.69) is 30.3 Å². The predicted octanol–water partition coefficient (Wildman–Crippen LogP) is 3.16. The van der Waals surface area contributed by atoms with Crippen LogP contribution in [0.2, 0.25) is 5.02 Å². The van der Waals surface area contributed by atoms with Crippen LogP contribution in [0.4, 0.5) is 0 Å². The molecule has 1 aliphatic rings. The van der Waals surface area contributed by atoms with Gasteiger partial charge in [0, 0.05) is 48.7 Å². The molecular weight excluding hydrogens is 358 g/mol. The highest BCUT2D eigenvalue weighted by Crippen LogP contribution is 2.19. The molecule has 1 aliphatic heterocycles. The molecule has 4 rings (SSSR count). The number of halogens is 1. The fourth-order valence-corrected chi connectivity index (χ4v) is 3.55. The zero-order chi connectivity index (χ0) is 17.1. The normalized spacial score (nSPS) is 16.4. The average Bonchev–Trinajstić information content (AvgIpc) is 3.29. The average molecular weight is 376 g/mol. The van der Waals surface area contributed by atoms with Crippen molar-refractivity contribution in [1.29, 1.82) is 0 Å². The summed E-state index contributed by atoms with van der Waals surface area (Å²) >= 11 is 7.56. The molecule has 0 bridgehead atoms. The highest BCUT2D eigenvalue weighted by molar-refractivity contribution is 7.07. The van der Waals surface area contributed by atoms with Crippen molar-refractivity contribution in [3.05, 3.63) is 51.8 Å². The zero-order valence-corrected chi connectivity index (χ0v) is 15.2. The van der Waals surface area contributed by atoms with E-state index >= 15 is 0 Å². The quantitative estimate of drug-likeness (QED) is 0.682. The van der Waals surface area contributed by atoms with Crippen molar-refractivity contribution in [2.24, 2.45) is 0 Å². The van der Waals surface area contributed by atoms with E-state index in [1.54, 1.807) is 11.3 Å². The lowest BCUT2D eigenvalue weighted by Crippen LogP contribution is -2.45. The fraction of sp³-hybridized carbons (Fsp3) is 0.353. The van der Waals surface area contributed by atoms with Crippen molar-refractivity contribution in [2.45, 2.75) is 13.1 Å². The van der Waals surface area contributed by atoms with Crippen LogP contribution in [0.1, 0.15) is 11.6 Å². The standard InChI is InChI=1S/C17H18ClN5OS/c18-14-3-1-13(2-4-14)17-20-16(24-21-17)10-23-7-5-22(6-8-23)9-15-11-25-12-19-15/h1-4,11-12H,5-10H2. The Hall–Kier alpha value is -1.80. The fourth-order valence-electron chi connectivity index (χ4n) is 2.88. The van der Waals surface area contributed by atoms with Gasteiger partial charge in [0.1, 0.15) is 0 Å². The second-order valence-corrected chi connectivity index (χ2v) is 7.21. The first kappa shape index (κ1) is 16.7. The highest BCUT2D eigenvalue weighted by Gasteiger charge is 2.20.